The van der Waals surface area contributed by atoms with E-state index in [9.17, 15) is 17.6 Å². The summed E-state index contributed by atoms with van der Waals surface area (Å²) in [5.41, 5.74) is 0.872. The first-order valence-electron chi connectivity index (χ1n) is 8.70. The maximum atomic E-state index is 13.6. The SMILES string of the molecule is O=C(CCc1ccc(S(=O)(=O)N2CCCC2)cc1)Nc1cc(Cl)ccc1F. The van der Waals surface area contributed by atoms with Crippen molar-refractivity contribution in [1.82, 2.24) is 4.31 Å². The summed E-state index contributed by atoms with van der Waals surface area (Å²) in [5.74, 6) is -0.894. The third-order valence-corrected chi connectivity index (χ3v) is 6.62. The number of nitrogens with zero attached hydrogens (tertiary/aromatic N) is 1. The van der Waals surface area contributed by atoms with E-state index < -0.39 is 15.8 Å². The van der Waals surface area contributed by atoms with E-state index in [2.05, 4.69) is 5.32 Å². The molecule has 8 heteroatoms. The van der Waals surface area contributed by atoms with Gasteiger partial charge in [0.05, 0.1) is 10.6 Å². The van der Waals surface area contributed by atoms with Gasteiger partial charge in [-0.3, -0.25) is 4.79 Å². The fourth-order valence-electron chi connectivity index (χ4n) is 2.97. The highest BCUT2D eigenvalue weighted by Crippen LogP contribution is 2.22. The van der Waals surface area contributed by atoms with Crippen molar-refractivity contribution in [3.05, 3.63) is 58.9 Å². The number of carbonyl (C=O) groups is 1. The molecule has 0 unspecified atom stereocenters. The van der Waals surface area contributed by atoms with Crippen LogP contribution in [0.25, 0.3) is 0 Å². The minimum absolute atomic E-state index is 0.0413. The summed E-state index contributed by atoms with van der Waals surface area (Å²) in [6.45, 7) is 1.12. The van der Waals surface area contributed by atoms with Crippen molar-refractivity contribution in [3.8, 4) is 0 Å². The average Bonchev–Trinajstić information content (AvgIpc) is 3.19. The number of sulfonamides is 1. The van der Waals surface area contributed by atoms with Gasteiger partial charge >= 0.3 is 0 Å². The highest BCUT2D eigenvalue weighted by Gasteiger charge is 2.26. The second-order valence-electron chi connectivity index (χ2n) is 6.43. The number of amides is 1. The van der Waals surface area contributed by atoms with E-state index >= 15 is 0 Å². The second kappa shape index (κ2) is 8.37. The molecule has 144 valence electrons. The van der Waals surface area contributed by atoms with Gasteiger partial charge in [-0.25, -0.2) is 12.8 Å². The van der Waals surface area contributed by atoms with Gasteiger partial charge in [0.2, 0.25) is 15.9 Å². The quantitative estimate of drug-likeness (QED) is 0.786. The summed E-state index contributed by atoms with van der Waals surface area (Å²) >= 11 is 5.80. The van der Waals surface area contributed by atoms with Crippen LogP contribution in [-0.4, -0.2) is 31.7 Å². The fraction of sp³-hybridized carbons (Fsp3) is 0.316. The van der Waals surface area contributed by atoms with Crippen molar-refractivity contribution >= 4 is 33.2 Å². The molecule has 1 fully saturated rings. The average molecular weight is 411 g/mol. The molecule has 1 amide bonds. The number of hydrogen-bond donors (Lipinski definition) is 1. The molecule has 0 saturated carbocycles. The van der Waals surface area contributed by atoms with Crippen LogP contribution in [0.4, 0.5) is 10.1 Å². The lowest BCUT2D eigenvalue weighted by atomic mass is 10.1. The first-order chi connectivity index (χ1) is 12.9. The van der Waals surface area contributed by atoms with Gasteiger partial charge in [-0.1, -0.05) is 23.7 Å². The minimum atomic E-state index is -3.44. The first-order valence-corrected chi connectivity index (χ1v) is 10.5. The lowest BCUT2D eigenvalue weighted by molar-refractivity contribution is -0.116. The zero-order chi connectivity index (χ0) is 19.4. The molecule has 0 radical (unpaired) electrons. The zero-order valence-corrected chi connectivity index (χ0v) is 16.2. The van der Waals surface area contributed by atoms with Crippen LogP contribution in [0.5, 0.6) is 0 Å². The van der Waals surface area contributed by atoms with E-state index in [1.165, 1.54) is 22.5 Å². The molecule has 0 aliphatic carbocycles. The maximum Gasteiger partial charge on any atom is 0.243 e. The number of benzene rings is 2. The molecule has 0 aromatic heterocycles. The lowest BCUT2D eigenvalue weighted by Crippen LogP contribution is -2.27. The Morgan fingerprint density at radius 3 is 2.44 bits per heavy atom. The Morgan fingerprint density at radius 1 is 1.11 bits per heavy atom. The fourth-order valence-corrected chi connectivity index (χ4v) is 4.66. The number of carbonyl (C=O) groups excluding carboxylic acids is 1. The van der Waals surface area contributed by atoms with Gasteiger partial charge in [-0.15, -0.1) is 0 Å². The molecule has 3 rings (SSSR count). The van der Waals surface area contributed by atoms with Crippen LogP contribution in [0.2, 0.25) is 5.02 Å². The Hall–Kier alpha value is -1.96. The number of anilines is 1. The molecule has 5 nitrogen and oxygen atoms in total. The van der Waals surface area contributed by atoms with E-state index in [1.54, 1.807) is 24.3 Å². The summed E-state index contributed by atoms with van der Waals surface area (Å²) in [7, 11) is -3.44. The van der Waals surface area contributed by atoms with Gasteiger partial charge in [0, 0.05) is 24.5 Å². The molecule has 0 spiro atoms. The highest BCUT2D eigenvalue weighted by molar-refractivity contribution is 7.89. The Kier molecular flexibility index (Phi) is 6.14. The molecule has 0 atom stereocenters. The van der Waals surface area contributed by atoms with Crippen LogP contribution in [0.1, 0.15) is 24.8 Å². The summed E-state index contributed by atoms with van der Waals surface area (Å²) in [6.07, 6.45) is 2.33. The number of rotatable bonds is 6. The molecule has 2 aromatic rings. The molecular formula is C19H20ClFN2O3S. The Bertz CT molecular complexity index is 926. The van der Waals surface area contributed by atoms with Gasteiger partial charge in [0.15, 0.2) is 0 Å². The number of hydrogen-bond acceptors (Lipinski definition) is 3. The van der Waals surface area contributed by atoms with Gasteiger partial charge < -0.3 is 5.32 Å². The highest BCUT2D eigenvalue weighted by atomic mass is 35.5. The van der Waals surface area contributed by atoms with Crippen LogP contribution in [0.3, 0.4) is 0 Å². The third kappa shape index (κ3) is 4.86. The number of halogens is 2. The monoisotopic (exact) mass is 410 g/mol. The van der Waals surface area contributed by atoms with Crippen molar-refractivity contribution in [1.29, 1.82) is 0 Å². The molecule has 1 saturated heterocycles. The lowest BCUT2D eigenvalue weighted by Gasteiger charge is -2.15. The first kappa shape index (κ1) is 19.8. The molecule has 27 heavy (non-hydrogen) atoms. The van der Waals surface area contributed by atoms with Crippen molar-refractivity contribution in [3.63, 3.8) is 0 Å². The smallest absolute Gasteiger partial charge is 0.243 e. The molecule has 2 aromatic carbocycles. The third-order valence-electron chi connectivity index (χ3n) is 4.47. The Balaban J connectivity index is 1.58. The molecular weight excluding hydrogens is 391 g/mol. The van der Waals surface area contributed by atoms with E-state index in [-0.39, 0.29) is 22.9 Å². The zero-order valence-electron chi connectivity index (χ0n) is 14.6. The molecule has 1 heterocycles. The molecule has 1 aliphatic heterocycles. The normalized spacial score (nSPS) is 15.0. The predicted octanol–water partition coefficient (Wildman–Crippen LogP) is 3.83. The van der Waals surface area contributed by atoms with Crippen LogP contribution >= 0.6 is 11.6 Å². The minimum Gasteiger partial charge on any atom is -0.324 e. The van der Waals surface area contributed by atoms with Crippen molar-refractivity contribution in [2.24, 2.45) is 0 Å². The summed E-state index contributed by atoms with van der Waals surface area (Å²) in [6, 6.07) is 10.5. The van der Waals surface area contributed by atoms with Crippen LogP contribution in [0, 0.1) is 5.82 Å². The topological polar surface area (TPSA) is 66.5 Å². The van der Waals surface area contributed by atoms with E-state index in [0.717, 1.165) is 18.4 Å². The molecule has 1 aliphatic rings. The Labute approximate surface area is 163 Å². The largest absolute Gasteiger partial charge is 0.324 e. The standard InChI is InChI=1S/C19H20ClFN2O3S/c20-15-6-9-17(21)18(13-15)22-19(24)10-5-14-3-7-16(8-4-14)27(25,26)23-11-1-2-12-23/h3-4,6-9,13H,1-2,5,10-12H2,(H,22,24). The van der Waals surface area contributed by atoms with Gasteiger partial charge in [-0.05, 0) is 55.2 Å². The predicted molar refractivity (Wildman–Crippen MR) is 103 cm³/mol. The molecule has 0 bridgehead atoms. The maximum absolute atomic E-state index is 13.6. The second-order valence-corrected chi connectivity index (χ2v) is 8.80. The van der Waals surface area contributed by atoms with Gasteiger partial charge in [0.25, 0.3) is 0 Å². The summed E-state index contributed by atoms with van der Waals surface area (Å²) < 4.78 is 40.1. The summed E-state index contributed by atoms with van der Waals surface area (Å²) in [4.78, 5) is 12.3. The van der Waals surface area contributed by atoms with Crippen LogP contribution in [0.15, 0.2) is 47.4 Å². The van der Waals surface area contributed by atoms with Crippen LogP contribution < -0.4 is 5.32 Å². The van der Waals surface area contributed by atoms with Gasteiger partial charge in [0.1, 0.15) is 5.82 Å². The summed E-state index contributed by atoms with van der Waals surface area (Å²) in [5, 5.41) is 2.83. The van der Waals surface area contributed by atoms with Crippen molar-refractivity contribution < 1.29 is 17.6 Å². The van der Waals surface area contributed by atoms with E-state index in [0.29, 0.717) is 24.5 Å². The Morgan fingerprint density at radius 2 is 1.78 bits per heavy atom. The number of nitrogens with one attached hydrogen (secondary N) is 1. The van der Waals surface area contributed by atoms with Crippen molar-refractivity contribution in [2.45, 2.75) is 30.6 Å². The van der Waals surface area contributed by atoms with Crippen LogP contribution in [-0.2, 0) is 21.2 Å². The van der Waals surface area contributed by atoms with E-state index in [1.807, 2.05) is 0 Å². The van der Waals surface area contributed by atoms with Gasteiger partial charge in [-0.2, -0.15) is 4.31 Å². The number of aryl methyl sites for hydroxylation is 1. The molecule has 1 N–H and O–H groups in total. The van der Waals surface area contributed by atoms with E-state index in [4.69, 9.17) is 11.6 Å². The van der Waals surface area contributed by atoms with Crippen molar-refractivity contribution in [2.75, 3.05) is 18.4 Å².